The number of rotatable bonds is 13. The minimum Gasteiger partial charge on any atom is -0.475 e. The highest BCUT2D eigenvalue weighted by molar-refractivity contribution is 7.12. The van der Waals surface area contributed by atoms with Gasteiger partial charge in [0.2, 0.25) is 0 Å². The van der Waals surface area contributed by atoms with E-state index in [-0.39, 0.29) is 5.91 Å². The third-order valence-corrected chi connectivity index (χ3v) is 8.99. The van der Waals surface area contributed by atoms with Gasteiger partial charge in [0.05, 0.1) is 4.88 Å². The number of piperazine rings is 1. The SMILES string of the molecule is CN1CCN(CCCN(Cc2ccc(-c3ccc(CNCCc4ccccc4)cc3)cc2)C(=O)c2cccs2)CC1.O=C(O)C(F)(F)F. The smallest absolute Gasteiger partial charge is 0.475 e. The van der Waals surface area contributed by atoms with E-state index in [1.165, 1.54) is 33.6 Å². The van der Waals surface area contributed by atoms with Crippen LogP contribution in [-0.4, -0.2) is 90.7 Å². The number of aliphatic carboxylic acids is 1. The number of benzene rings is 3. The van der Waals surface area contributed by atoms with E-state index in [1.54, 1.807) is 0 Å². The van der Waals surface area contributed by atoms with Crippen molar-refractivity contribution in [3.63, 3.8) is 0 Å². The summed E-state index contributed by atoms with van der Waals surface area (Å²) in [4.78, 5) is 30.0. The molecule has 1 fully saturated rings. The molecular formula is C37H43F3N4O3S. The topological polar surface area (TPSA) is 76.1 Å². The van der Waals surface area contributed by atoms with Gasteiger partial charge in [0.15, 0.2) is 0 Å². The highest BCUT2D eigenvalue weighted by Gasteiger charge is 2.38. The molecule has 0 atom stereocenters. The van der Waals surface area contributed by atoms with Crippen LogP contribution in [0.15, 0.2) is 96.4 Å². The summed E-state index contributed by atoms with van der Waals surface area (Å²) in [6.45, 7) is 8.75. The summed E-state index contributed by atoms with van der Waals surface area (Å²) in [6.07, 6.45) is -3.05. The van der Waals surface area contributed by atoms with Gasteiger partial charge < -0.3 is 25.1 Å². The third kappa shape index (κ3) is 12.2. The molecular weight excluding hydrogens is 637 g/mol. The second-order valence-electron chi connectivity index (χ2n) is 11.8. The van der Waals surface area contributed by atoms with Crippen molar-refractivity contribution in [1.82, 2.24) is 20.0 Å². The summed E-state index contributed by atoms with van der Waals surface area (Å²) in [6, 6.07) is 32.0. The second-order valence-corrected chi connectivity index (χ2v) is 12.8. The minimum atomic E-state index is -5.08. The first-order chi connectivity index (χ1) is 23.1. The largest absolute Gasteiger partial charge is 0.490 e. The van der Waals surface area contributed by atoms with Crippen LogP contribution in [0, 0.1) is 0 Å². The first-order valence-corrected chi connectivity index (χ1v) is 16.9. The van der Waals surface area contributed by atoms with E-state index in [0.717, 1.165) is 75.6 Å². The maximum absolute atomic E-state index is 13.3. The molecule has 0 bridgehead atoms. The van der Waals surface area contributed by atoms with Gasteiger partial charge in [0.25, 0.3) is 5.91 Å². The van der Waals surface area contributed by atoms with E-state index in [1.807, 2.05) is 22.4 Å². The number of halogens is 3. The van der Waals surface area contributed by atoms with Gasteiger partial charge in [-0.2, -0.15) is 13.2 Å². The molecule has 2 heterocycles. The van der Waals surface area contributed by atoms with Crippen LogP contribution in [0.4, 0.5) is 13.2 Å². The number of nitrogens with zero attached hydrogens (tertiary/aromatic N) is 3. The molecule has 1 aliphatic rings. The number of thiophene rings is 1. The van der Waals surface area contributed by atoms with Gasteiger partial charge in [0, 0.05) is 45.8 Å². The molecule has 4 aromatic rings. The summed E-state index contributed by atoms with van der Waals surface area (Å²) in [5.41, 5.74) is 6.23. The van der Waals surface area contributed by atoms with Gasteiger partial charge >= 0.3 is 12.1 Å². The normalized spacial score (nSPS) is 13.8. The van der Waals surface area contributed by atoms with Gasteiger partial charge in [-0.15, -0.1) is 11.3 Å². The quantitative estimate of drug-likeness (QED) is 0.154. The van der Waals surface area contributed by atoms with Crippen molar-refractivity contribution >= 4 is 23.2 Å². The number of carbonyl (C=O) groups excluding carboxylic acids is 1. The van der Waals surface area contributed by atoms with Crippen LogP contribution < -0.4 is 5.32 Å². The van der Waals surface area contributed by atoms with Crippen LogP contribution in [0.2, 0.25) is 0 Å². The predicted octanol–water partition coefficient (Wildman–Crippen LogP) is 6.66. The van der Waals surface area contributed by atoms with Gasteiger partial charge in [-0.3, -0.25) is 4.79 Å². The maximum Gasteiger partial charge on any atom is 0.490 e. The fourth-order valence-corrected chi connectivity index (χ4v) is 6.00. The first kappa shape index (κ1) is 36.8. The molecule has 1 saturated heterocycles. The minimum absolute atomic E-state index is 0.135. The van der Waals surface area contributed by atoms with Crippen molar-refractivity contribution in [2.45, 2.75) is 32.1 Å². The molecule has 11 heteroatoms. The Balaban J connectivity index is 0.000000671. The lowest BCUT2D eigenvalue weighted by Crippen LogP contribution is -2.45. The predicted molar refractivity (Wildman–Crippen MR) is 185 cm³/mol. The van der Waals surface area contributed by atoms with Gasteiger partial charge in [-0.05, 0) is 72.2 Å². The Morgan fingerprint density at radius 1 is 0.833 bits per heavy atom. The Kier molecular flexibility index (Phi) is 14.2. The van der Waals surface area contributed by atoms with Crippen LogP contribution in [0.5, 0.6) is 0 Å². The number of carboxylic acid groups (broad SMARTS) is 1. The van der Waals surface area contributed by atoms with Crippen LogP contribution in [0.1, 0.15) is 32.8 Å². The van der Waals surface area contributed by atoms with Crippen LogP contribution in [0.3, 0.4) is 0 Å². The molecule has 0 spiro atoms. The average molecular weight is 681 g/mol. The molecule has 0 radical (unpaired) electrons. The molecule has 3 aromatic carbocycles. The summed E-state index contributed by atoms with van der Waals surface area (Å²) in [7, 11) is 2.19. The number of amides is 1. The van der Waals surface area contributed by atoms with E-state index in [0.29, 0.717) is 6.54 Å². The number of carbonyl (C=O) groups is 2. The number of likely N-dealkylation sites (N-methyl/N-ethyl adjacent to an activating group) is 1. The number of nitrogens with one attached hydrogen (secondary N) is 1. The Morgan fingerprint density at radius 3 is 2.00 bits per heavy atom. The lowest BCUT2D eigenvalue weighted by Gasteiger charge is -2.33. The number of carboxylic acids is 1. The molecule has 48 heavy (non-hydrogen) atoms. The fraction of sp³-hybridized carbons (Fsp3) is 0.351. The van der Waals surface area contributed by atoms with Crippen LogP contribution in [-0.2, 0) is 24.3 Å². The Bertz CT molecular complexity index is 1530. The highest BCUT2D eigenvalue weighted by atomic mass is 32.1. The molecule has 1 amide bonds. The summed E-state index contributed by atoms with van der Waals surface area (Å²) >= 11 is 1.53. The lowest BCUT2D eigenvalue weighted by atomic mass is 10.0. The van der Waals surface area contributed by atoms with E-state index in [9.17, 15) is 18.0 Å². The van der Waals surface area contributed by atoms with Crippen molar-refractivity contribution in [2.24, 2.45) is 0 Å². The zero-order valence-electron chi connectivity index (χ0n) is 27.2. The van der Waals surface area contributed by atoms with Crippen molar-refractivity contribution in [3.05, 3.63) is 118 Å². The van der Waals surface area contributed by atoms with E-state index >= 15 is 0 Å². The monoisotopic (exact) mass is 680 g/mol. The molecule has 0 aliphatic carbocycles. The number of alkyl halides is 3. The molecule has 1 aliphatic heterocycles. The van der Waals surface area contributed by atoms with Crippen molar-refractivity contribution < 1.29 is 27.9 Å². The lowest BCUT2D eigenvalue weighted by molar-refractivity contribution is -0.192. The zero-order chi connectivity index (χ0) is 34.4. The van der Waals surface area contributed by atoms with Gasteiger partial charge in [-0.25, -0.2) is 4.79 Å². The van der Waals surface area contributed by atoms with E-state index in [4.69, 9.17) is 9.90 Å². The van der Waals surface area contributed by atoms with Crippen molar-refractivity contribution in [3.8, 4) is 11.1 Å². The molecule has 0 saturated carbocycles. The van der Waals surface area contributed by atoms with Crippen molar-refractivity contribution in [2.75, 3.05) is 52.9 Å². The highest BCUT2D eigenvalue weighted by Crippen LogP contribution is 2.22. The van der Waals surface area contributed by atoms with Gasteiger partial charge in [-0.1, -0.05) is 84.9 Å². The molecule has 5 rings (SSSR count). The summed E-state index contributed by atoms with van der Waals surface area (Å²) in [5.74, 6) is -2.62. The van der Waals surface area contributed by atoms with E-state index < -0.39 is 12.1 Å². The Morgan fingerprint density at radius 2 is 1.44 bits per heavy atom. The fourth-order valence-electron chi connectivity index (χ4n) is 5.31. The maximum atomic E-state index is 13.3. The molecule has 1 aromatic heterocycles. The third-order valence-electron chi connectivity index (χ3n) is 8.14. The molecule has 7 nitrogen and oxygen atoms in total. The molecule has 256 valence electrons. The Labute approximate surface area is 284 Å². The van der Waals surface area contributed by atoms with Crippen LogP contribution in [0.25, 0.3) is 11.1 Å². The van der Waals surface area contributed by atoms with Crippen LogP contribution >= 0.6 is 11.3 Å². The number of hydrogen-bond donors (Lipinski definition) is 2. The summed E-state index contributed by atoms with van der Waals surface area (Å²) < 4.78 is 31.7. The number of hydrogen-bond acceptors (Lipinski definition) is 6. The zero-order valence-corrected chi connectivity index (χ0v) is 28.0. The molecule has 2 N–H and O–H groups in total. The molecule has 0 unspecified atom stereocenters. The van der Waals surface area contributed by atoms with Crippen molar-refractivity contribution in [1.29, 1.82) is 0 Å². The first-order valence-electron chi connectivity index (χ1n) is 16.0. The second kappa shape index (κ2) is 18.5. The summed E-state index contributed by atoms with van der Waals surface area (Å²) in [5, 5.41) is 12.7. The average Bonchev–Trinajstić information content (AvgIpc) is 3.63. The Hall–Kier alpha value is -4.03. The standard InChI is InChI=1S/C35H42N4OS.C2HF3O2/c1-37-22-24-38(25-23-37)20-6-21-39(35(40)34-9-5-26-41-34)28-31-12-16-33(17-13-31)32-14-10-30(11-15-32)27-36-19-18-29-7-3-2-4-8-29;3-2(4,5)1(6)7/h2-5,7-17,26,36H,6,18-25,27-28H2,1H3;(H,6,7). The van der Waals surface area contributed by atoms with Gasteiger partial charge in [0.1, 0.15) is 0 Å². The van der Waals surface area contributed by atoms with E-state index in [2.05, 4.69) is 101 Å².